The molecular weight excluding hydrogens is 450 g/mol. The zero-order chi connectivity index (χ0) is 22.7. The van der Waals surface area contributed by atoms with E-state index in [4.69, 9.17) is 9.47 Å². The lowest BCUT2D eigenvalue weighted by Crippen LogP contribution is -2.23. The van der Waals surface area contributed by atoms with E-state index < -0.39 is 17.8 Å². The molecule has 0 atom stereocenters. The number of hydrogen-bond donors (Lipinski definition) is 0. The number of carbonyl (C=O) groups is 3. The lowest BCUT2D eigenvalue weighted by atomic mass is 10.2. The van der Waals surface area contributed by atoms with Crippen LogP contribution in [0.3, 0.4) is 0 Å². The fourth-order valence-electron chi connectivity index (χ4n) is 3.09. The first-order valence-corrected chi connectivity index (χ1v) is 11.5. The van der Waals surface area contributed by atoms with Gasteiger partial charge in [-0.25, -0.2) is 9.78 Å². The van der Waals surface area contributed by atoms with Crippen LogP contribution in [0.1, 0.15) is 34.0 Å². The normalized spacial score (nSPS) is 11.8. The number of fused-ring (bicyclic) bond motifs is 2. The molecule has 4 aromatic rings. The second kappa shape index (κ2) is 9.41. The van der Waals surface area contributed by atoms with Gasteiger partial charge >= 0.3 is 17.8 Å². The molecule has 0 spiro atoms. The van der Waals surface area contributed by atoms with Crippen LogP contribution in [0.15, 0.2) is 47.5 Å². The molecule has 0 aliphatic heterocycles. The fourth-order valence-corrected chi connectivity index (χ4v) is 5.00. The van der Waals surface area contributed by atoms with Crippen LogP contribution in [-0.4, -0.2) is 40.6 Å². The molecule has 0 aliphatic rings. The first-order chi connectivity index (χ1) is 15.5. The molecule has 0 bridgehead atoms. The van der Waals surface area contributed by atoms with E-state index in [0.717, 1.165) is 10.2 Å². The van der Waals surface area contributed by atoms with Crippen molar-refractivity contribution in [1.82, 2.24) is 9.55 Å². The topological polar surface area (TPSA) is 99.9 Å². The van der Waals surface area contributed by atoms with Crippen molar-refractivity contribution >= 4 is 61.0 Å². The molecule has 2 aromatic heterocycles. The van der Waals surface area contributed by atoms with Crippen LogP contribution < -0.4 is 4.80 Å². The number of nitrogens with zero attached hydrogens (tertiary/aromatic N) is 3. The Balaban J connectivity index is 1.80. The standard InChI is InChI=1S/C22H19N3O5S2/c1-3-29-18(26)12-25-15-10-9-13(21(28)30-4-2)11-17(15)32-22(25)24-19(27)20-23-14-7-5-6-8-16(14)31-20/h5-11H,3-4,12H2,1-2H3. The van der Waals surface area contributed by atoms with Gasteiger partial charge in [-0.2, -0.15) is 4.99 Å². The smallest absolute Gasteiger partial charge is 0.338 e. The average molecular weight is 470 g/mol. The Labute approximate surface area is 190 Å². The summed E-state index contributed by atoms with van der Waals surface area (Å²) in [6.07, 6.45) is 0. The highest BCUT2D eigenvalue weighted by molar-refractivity contribution is 7.20. The van der Waals surface area contributed by atoms with Gasteiger partial charge in [0.25, 0.3) is 0 Å². The molecule has 4 rings (SSSR count). The molecule has 0 unspecified atom stereocenters. The number of benzene rings is 2. The Kier molecular flexibility index (Phi) is 6.42. The number of amides is 1. The van der Waals surface area contributed by atoms with Crippen LogP contribution in [0.4, 0.5) is 0 Å². The summed E-state index contributed by atoms with van der Waals surface area (Å²) in [5.41, 5.74) is 1.77. The highest BCUT2D eigenvalue weighted by atomic mass is 32.1. The Morgan fingerprint density at radius 2 is 1.78 bits per heavy atom. The van der Waals surface area contributed by atoms with E-state index >= 15 is 0 Å². The molecule has 0 saturated heterocycles. The van der Waals surface area contributed by atoms with Gasteiger partial charge in [0.15, 0.2) is 9.81 Å². The monoisotopic (exact) mass is 469 g/mol. The number of hydrogen-bond acceptors (Lipinski definition) is 8. The number of aromatic nitrogens is 2. The molecule has 0 radical (unpaired) electrons. The van der Waals surface area contributed by atoms with E-state index in [9.17, 15) is 14.4 Å². The first kappa shape index (κ1) is 21.8. The second-order valence-corrected chi connectivity index (χ2v) is 8.62. The Bertz CT molecular complexity index is 1370. The van der Waals surface area contributed by atoms with Crippen molar-refractivity contribution < 1.29 is 23.9 Å². The van der Waals surface area contributed by atoms with Crippen molar-refractivity contribution in [3.63, 3.8) is 0 Å². The van der Waals surface area contributed by atoms with Crippen LogP contribution in [0.2, 0.25) is 0 Å². The van der Waals surface area contributed by atoms with E-state index in [0.29, 0.717) is 20.6 Å². The number of thiazole rings is 2. The van der Waals surface area contributed by atoms with Crippen LogP contribution in [0.5, 0.6) is 0 Å². The van der Waals surface area contributed by atoms with E-state index in [-0.39, 0.29) is 24.8 Å². The van der Waals surface area contributed by atoms with Crippen molar-refractivity contribution in [2.75, 3.05) is 13.2 Å². The van der Waals surface area contributed by atoms with E-state index in [1.165, 1.54) is 22.7 Å². The summed E-state index contributed by atoms with van der Waals surface area (Å²) in [5, 5.41) is 0.263. The van der Waals surface area contributed by atoms with Crippen molar-refractivity contribution in [2.45, 2.75) is 20.4 Å². The second-order valence-electron chi connectivity index (χ2n) is 6.58. The van der Waals surface area contributed by atoms with Crippen molar-refractivity contribution in [3.05, 3.63) is 57.8 Å². The number of ether oxygens (including phenoxy) is 2. The number of para-hydroxylation sites is 1. The minimum absolute atomic E-state index is 0.113. The van der Waals surface area contributed by atoms with Gasteiger partial charge in [-0.05, 0) is 44.2 Å². The minimum atomic E-state index is -0.499. The molecular formula is C22H19N3O5S2. The summed E-state index contributed by atoms with van der Waals surface area (Å²) in [4.78, 5) is 46.1. The summed E-state index contributed by atoms with van der Waals surface area (Å²) in [6.45, 7) is 3.85. The third-order valence-corrected chi connectivity index (χ3v) is 6.53. The van der Waals surface area contributed by atoms with Crippen LogP contribution in [-0.2, 0) is 20.8 Å². The van der Waals surface area contributed by atoms with Gasteiger partial charge in [0.2, 0.25) is 0 Å². The van der Waals surface area contributed by atoms with E-state index in [2.05, 4.69) is 9.98 Å². The molecule has 10 heteroatoms. The highest BCUT2D eigenvalue weighted by Crippen LogP contribution is 2.23. The fraction of sp³-hybridized carbons (Fsp3) is 0.227. The maximum Gasteiger partial charge on any atom is 0.338 e. The molecule has 0 fully saturated rings. The van der Waals surface area contributed by atoms with Gasteiger partial charge in [0.1, 0.15) is 6.54 Å². The van der Waals surface area contributed by atoms with Gasteiger partial charge in [-0.1, -0.05) is 23.5 Å². The minimum Gasteiger partial charge on any atom is -0.465 e. The zero-order valence-corrected chi connectivity index (χ0v) is 19.0. The van der Waals surface area contributed by atoms with Crippen molar-refractivity contribution in [2.24, 2.45) is 4.99 Å². The zero-order valence-electron chi connectivity index (χ0n) is 17.4. The maximum atomic E-state index is 12.9. The van der Waals surface area contributed by atoms with Gasteiger partial charge in [0.05, 0.1) is 39.2 Å². The molecule has 0 N–H and O–H groups in total. The lowest BCUT2D eigenvalue weighted by molar-refractivity contribution is -0.143. The van der Waals surface area contributed by atoms with Crippen LogP contribution in [0.25, 0.3) is 20.4 Å². The van der Waals surface area contributed by atoms with E-state index in [1.54, 1.807) is 36.6 Å². The van der Waals surface area contributed by atoms with Gasteiger partial charge in [-0.15, -0.1) is 11.3 Å². The predicted molar refractivity (Wildman–Crippen MR) is 122 cm³/mol. The summed E-state index contributed by atoms with van der Waals surface area (Å²) < 4.78 is 13.3. The molecule has 8 nitrogen and oxygen atoms in total. The Morgan fingerprint density at radius 1 is 1.00 bits per heavy atom. The van der Waals surface area contributed by atoms with Gasteiger partial charge in [0, 0.05) is 0 Å². The molecule has 2 aromatic carbocycles. The summed E-state index contributed by atoms with van der Waals surface area (Å²) in [7, 11) is 0. The molecule has 1 amide bonds. The van der Waals surface area contributed by atoms with Gasteiger partial charge in [-0.3, -0.25) is 9.59 Å². The molecule has 164 valence electrons. The molecule has 32 heavy (non-hydrogen) atoms. The van der Waals surface area contributed by atoms with Crippen LogP contribution in [0, 0.1) is 0 Å². The average Bonchev–Trinajstić information content (AvgIpc) is 3.35. The number of rotatable bonds is 6. The molecule has 0 aliphatic carbocycles. The van der Waals surface area contributed by atoms with Crippen molar-refractivity contribution in [1.29, 1.82) is 0 Å². The third kappa shape index (κ3) is 4.46. The summed E-state index contributed by atoms with van der Waals surface area (Å²) >= 11 is 2.46. The first-order valence-electron chi connectivity index (χ1n) is 9.91. The quantitative estimate of drug-likeness (QED) is 0.398. The molecule has 2 heterocycles. The number of esters is 2. The Hall–Kier alpha value is -3.37. The largest absolute Gasteiger partial charge is 0.465 e. The highest BCUT2D eigenvalue weighted by Gasteiger charge is 2.17. The molecule has 0 saturated carbocycles. The van der Waals surface area contributed by atoms with Gasteiger partial charge < -0.3 is 14.0 Å². The van der Waals surface area contributed by atoms with E-state index in [1.807, 2.05) is 24.3 Å². The maximum absolute atomic E-state index is 12.9. The lowest BCUT2D eigenvalue weighted by Gasteiger charge is -2.06. The van der Waals surface area contributed by atoms with Crippen molar-refractivity contribution in [3.8, 4) is 0 Å². The summed E-state index contributed by atoms with van der Waals surface area (Å²) in [6, 6.07) is 12.5. The summed E-state index contributed by atoms with van der Waals surface area (Å²) in [5.74, 6) is -1.39. The third-order valence-electron chi connectivity index (χ3n) is 4.46. The Morgan fingerprint density at radius 3 is 2.53 bits per heavy atom. The van der Waals surface area contributed by atoms with Crippen LogP contribution >= 0.6 is 22.7 Å². The SMILES string of the molecule is CCOC(=O)Cn1c(=NC(=O)c2nc3ccccc3s2)sc2cc(C(=O)OCC)ccc21. The predicted octanol–water partition coefficient (Wildman–Crippen LogP) is 3.79. The number of carbonyl (C=O) groups excluding carboxylic acids is 3.